The summed E-state index contributed by atoms with van der Waals surface area (Å²) in [7, 11) is 0. The van der Waals surface area contributed by atoms with Gasteiger partial charge in [-0.1, -0.05) is 44.4 Å². The van der Waals surface area contributed by atoms with Gasteiger partial charge < -0.3 is 10.2 Å². The molecule has 1 N–H and O–H groups in total. The van der Waals surface area contributed by atoms with Crippen LogP contribution >= 0.6 is 0 Å². The summed E-state index contributed by atoms with van der Waals surface area (Å²) in [6.45, 7) is 5.84. The van der Waals surface area contributed by atoms with Crippen LogP contribution in [0.2, 0.25) is 0 Å². The monoisotopic (exact) mass is 286 g/mol. The van der Waals surface area contributed by atoms with Crippen LogP contribution in [0, 0.1) is 5.92 Å². The van der Waals surface area contributed by atoms with E-state index in [-0.39, 0.29) is 0 Å². The van der Waals surface area contributed by atoms with Crippen molar-refractivity contribution in [2.75, 3.05) is 24.5 Å². The molecule has 0 spiro atoms. The van der Waals surface area contributed by atoms with Gasteiger partial charge >= 0.3 is 0 Å². The number of benzene rings is 1. The summed E-state index contributed by atoms with van der Waals surface area (Å²) >= 11 is 0. The SMILES string of the molecule is CCCNC(CN1CCc2ccccc21)C1CCCCC1. The highest BCUT2D eigenvalue weighted by Gasteiger charge is 2.27. The number of para-hydroxylation sites is 1. The maximum absolute atomic E-state index is 3.86. The molecule has 1 saturated carbocycles. The molecule has 2 aliphatic rings. The van der Waals surface area contributed by atoms with Crippen LogP contribution in [-0.2, 0) is 6.42 Å². The van der Waals surface area contributed by atoms with Crippen molar-refractivity contribution < 1.29 is 0 Å². The largest absolute Gasteiger partial charge is 0.369 e. The van der Waals surface area contributed by atoms with Gasteiger partial charge in [-0.05, 0) is 49.8 Å². The first-order valence-corrected chi connectivity index (χ1v) is 8.94. The van der Waals surface area contributed by atoms with Crippen LogP contribution in [0.5, 0.6) is 0 Å². The lowest BCUT2D eigenvalue weighted by molar-refractivity contribution is 0.270. The molecule has 0 aromatic heterocycles. The molecule has 1 aromatic carbocycles. The number of rotatable bonds is 6. The zero-order chi connectivity index (χ0) is 14.5. The number of anilines is 1. The number of hydrogen-bond acceptors (Lipinski definition) is 2. The molecule has 116 valence electrons. The van der Waals surface area contributed by atoms with E-state index in [1.54, 1.807) is 0 Å². The van der Waals surface area contributed by atoms with Crippen LogP contribution in [0.3, 0.4) is 0 Å². The van der Waals surface area contributed by atoms with Crippen LogP contribution in [0.4, 0.5) is 5.69 Å². The Morgan fingerprint density at radius 2 is 2.00 bits per heavy atom. The van der Waals surface area contributed by atoms with Gasteiger partial charge in [0, 0.05) is 24.8 Å². The topological polar surface area (TPSA) is 15.3 Å². The number of nitrogens with one attached hydrogen (secondary N) is 1. The molecule has 1 heterocycles. The van der Waals surface area contributed by atoms with Gasteiger partial charge in [0.25, 0.3) is 0 Å². The van der Waals surface area contributed by atoms with Crippen molar-refractivity contribution >= 4 is 5.69 Å². The van der Waals surface area contributed by atoms with Crippen LogP contribution in [-0.4, -0.2) is 25.7 Å². The minimum absolute atomic E-state index is 0.677. The lowest BCUT2D eigenvalue weighted by Crippen LogP contribution is -2.46. The zero-order valence-corrected chi connectivity index (χ0v) is 13.5. The highest BCUT2D eigenvalue weighted by atomic mass is 15.2. The minimum Gasteiger partial charge on any atom is -0.369 e. The molecule has 1 aliphatic heterocycles. The Morgan fingerprint density at radius 1 is 1.19 bits per heavy atom. The van der Waals surface area contributed by atoms with Gasteiger partial charge in [-0.3, -0.25) is 0 Å². The van der Waals surface area contributed by atoms with E-state index in [4.69, 9.17) is 0 Å². The first-order valence-electron chi connectivity index (χ1n) is 8.94. The Bertz CT molecular complexity index is 437. The second-order valence-electron chi connectivity index (χ2n) is 6.78. The molecular formula is C19H30N2. The number of fused-ring (bicyclic) bond motifs is 1. The third-order valence-corrected chi connectivity index (χ3v) is 5.28. The molecular weight excluding hydrogens is 256 g/mol. The molecule has 0 bridgehead atoms. The van der Waals surface area contributed by atoms with Crippen molar-refractivity contribution in [2.45, 2.75) is 57.9 Å². The summed E-state index contributed by atoms with van der Waals surface area (Å²) in [5.74, 6) is 0.887. The van der Waals surface area contributed by atoms with Gasteiger partial charge in [0.15, 0.2) is 0 Å². The summed E-state index contributed by atoms with van der Waals surface area (Å²) < 4.78 is 0. The quantitative estimate of drug-likeness (QED) is 0.850. The Morgan fingerprint density at radius 3 is 2.81 bits per heavy atom. The van der Waals surface area contributed by atoms with Crippen molar-refractivity contribution in [3.63, 3.8) is 0 Å². The summed E-state index contributed by atoms with van der Waals surface area (Å²) in [5.41, 5.74) is 3.02. The summed E-state index contributed by atoms with van der Waals surface area (Å²) in [6, 6.07) is 9.64. The highest BCUT2D eigenvalue weighted by molar-refractivity contribution is 5.57. The lowest BCUT2D eigenvalue weighted by atomic mass is 9.83. The molecule has 1 fully saturated rings. The third-order valence-electron chi connectivity index (χ3n) is 5.28. The maximum atomic E-state index is 3.86. The Labute approximate surface area is 129 Å². The van der Waals surface area contributed by atoms with Crippen molar-refractivity contribution in [2.24, 2.45) is 5.92 Å². The van der Waals surface area contributed by atoms with Crippen molar-refractivity contribution in [1.82, 2.24) is 5.32 Å². The van der Waals surface area contributed by atoms with Gasteiger partial charge in [0.1, 0.15) is 0 Å². The fourth-order valence-electron chi connectivity index (χ4n) is 4.08. The maximum Gasteiger partial charge on any atom is 0.0400 e. The predicted octanol–water partition coefficient (Wildman–Crippen LogP) is 4.00. The normalized spacial score (nSPS) is 20.5. The summed E-state index contributed by atoms with van der Waals surface area (Å²) in [5, 5.41) is 3.86. The molecule has 1 aromatic rings. The molecule has 0 amide bonds. The Hall–Kier alpha value is -1.02. The van der Waals surface area contributed by atoms with Gasteiger partial charge in [0.2, 0.25) is 0 Å². The van der Waals surface area contributed by atoms with E-state index >= 15 is 0 Å². The smallest absolute Gasteiger partial charge is 0.0400 e. The van der Waals surface area contributed by atoms with E-state index < -0.39 is 0 Å². The number of nitrogens with zero attached hydrogens (tertiary/aromatic N) is 1. The second kappa shape index (κ2) is 7.31. The summed E-state index contributed by atoms with van der Waals surface area (Å²) in [6.07, 6.45) is 9.63. The fourth-order valence-corrected chi connectivity index (χ4v) is 4.08. The van der Waals surface area contributed by atoms with E-state index in [9.17, 15) is 0 Å². The Balaban J connectivity index is 1.66. The zero-order valence-electron chi connectivity index (χ0n) is 13.5. The van der Waals surface area contributed by atoms with Crippen LogP contribution in [0.1, 0.15) is 51.0 Å². The molecule has 3 rings (SSSR count). The standard InChI is InChI=1S/C19H30N2/c1-2-13-20-18(16-8-4-3-5-9-16)15-21-14-12-17-10-6-7-11-19(17)21/h6-7,10-11,16,18,20H,2-5,8-9,12-15H2,1H3. The molecule has 2 nitrogen and oxygen atoms in total. The van der Waals surface area contributed by atoms with Gasteiger partial charge in [-0.2, -0.15) is 0 Å². The van der Waals surface area contributed by atoms with Gasteiger partial charge in [-0.15, -0.1) is 0 Å². The molecule has 0 saturated heterocycles. The lowest BCUT2D eigenvalue weighted by Gasteiger charge is -2.34. The van der Waals surface area contributed by atoms with Crippen LogP contribution in [0.25, 0.3) is 0 Å². The minimum atomic E-state index is 0.677. The highest BCUT2D eigenvalue weighted by Crippen LogP contribution is 2.31. The number of hydrogen-bond donors (Lipinski definition) is 1. The van der Waals surface area contributed by atoms with Crippen molar-refractivity contribution in [3.05, 3.63) is 29.8 Å². The molecule has 0 radical (unpaired) electrons. The Kier molecular flexibility index (Phi) is 5.18. The average molecular weight is 286 g/mol. The van der Waals surface area contributed by atoms with Gasteiger partial charge in [0.05, 0.1) is 0 Å². The van der Waals surface area contributed by atoms with E-state index in [0.29, 0.717) is 6.04 Å². The van der Waals surface area contributed by atoms with Crippen molar-refractivity contribution in [1.29, 1.82) is 0 Å². The average Bonchev–Trinajstić information content (AvgIpc) is 2.95. The van der Waals surface area contributed by atoms with Gasteiger partial charge in [-0.25, -0.2) is 0 Å². The predicted molar refractivity (Wildman–Crippen MR) is 91.0 cm³/mol. The third kappa shape index (κ3) is 3.60. The molecule has 1 atom stereocenters. The van der Waals surface area contributed by atoms with Crippen LogP contribution < -0.4 is 10.2 Å². The molecule has 1 aliphatic carbocycles. The first-order chi connectivity index (χ1) is 10.4. The molecule has 21 heavy (non-hydrogen) atoms. The van der Waals surface area contributed by atoms with E-state index in [2.05, 4.69) is 41.4 Å². The molecule has 2 heteroatoms. The van der Waals surface area contributed by atoms with E-state index in [1.165, 1.54) is 69.3 Å². The van der Waals surface area contributed by atoms with E-state index in [0.717, 1.165) is 12.5 Å². The van der Waals surface area contributed by atoms with Crippen LogP contribution in [0.15, 0.2) is 24.3 Å². The molecule has 1 unspecified atom stereocenters. The fraction of sp³-hybridized carbons (Fsp3) is 0.684. The summed E-state index contributed by atoms with van der Waals surface area (Å²) in [4.78, 5) is 2.62. The second-order valence-corrected chi connectivity index (χ2v) is 6.78. The first kappa shape index (κ1) is 14.9. The van der Waals surface area contributed by atoms with Crippen molar-refractivity contribution in [3.8, 4) is 0 Å². The van der Waals surface area contributed by atoms with E-state index in [1.807, 2.05) is 0 Å².